The van der Waals surface area contributed by atoms with Crippen molar-refractivity contribution in [1.29, 1.82) is 0 Å². The Morgan fingerprint density at radius 3 is 2.68 bits per heavy atom. The van der Waals surface area contributed by atoms with E-state index in [1.807, 2.05) is 0 Å². The summed E-state index contributed by atoms with van der Waals surface area (Å²) in [5, 5.41) is 12.1. The number of phenols is 1. The lowest BCUT2D eigenvalue weighted by molar-refractivity contribution is 0.102. The molecule has 0 spiro atoms. The summed E-state index contributed by atoms with van der Waals surface area (Å²) in [5.74, 6) is -1.19. The molecule has 0 aliphatic carbocycles. The molecule has 0 radical (unpaired) electrons. The van der Waals surface area contributed by atoms with Crippen LogP contribution in [0.5, 0.6) is 5.75 Å². The maximum Gasteiger partial charge on any atom is 0.259 e. The Morgan fingerprint density at radius 2 is 2.00 bits per heavy atom. The number of aryl methyl sites for hydroxylation is 1. The van der Waals surface area contributed by atoms with Crippen LogP contribution >= 0.6 is 0 Å². The maximum absolute atomic E-state index is 13.1. The average molecular weight is 260 g/mol. The first-order chi connectivity index (χ1) is 8.95. The predicted molar refractivity (Wildman–Crippen MR) is 71.6 cm³/mol. The van der Waals surface area contributed by atoms with Gasteiger partial charge in [-0.1, -0.05) is 11.6 Å². The highest BCUT2D eigenvalue weighted by Gasteiger charge is 2.12. The highest BCUT2D eigenvalue weighted by molar-refractivity contribution is 6.06. The molecule has 0 fully saturated rings. The van der Waals surface area contributed by atoms with Gasteiger partial charge in [-0.2, -0.15) is 0 Å². The molecule has 0 bridgehead atoms. The molecule has 0 aromatic heterocycles. The van der Waals surface area contributed by atoms with Gasteiger partial charge in [0, 0.05) is 11.4 Å². The third-order valence-electron chi connectivity index (χ3n) is 2.57. The average Bonchev–Trinajstić information content (AvgIpc) is 2.30. The van der Waals surface area contributed by atoms with Gasteiger partial charge in [-0.05, 0) is 37.3 Å². The number of rotatable bonds is 2. The number of anilines is 2. The van der Waals surface area contributed by atoms with Crippen LogP contribution in [0, 0.1) is 12.7 Å². The normalized spacial score (nSPS) is 10.2. The molecule has 98 valence electrons. The van der Waals surface area contributed by atoms with Crippen LogP contribution in [0.1, 0.15) is 15.9 Å². The number of nitrogens with one attached hydrogen (secondary N) is 1. The van der Waals surface area contributed by atoms with Gasteiger partial charge in [0.25, 0.3) is 5.91 Å². The predicted octanol–water partition coefficient (Wildman–Crippen LogP) is 2.67. The van der Waals surface area contributed by atoms with Crippen molar-refractivity contribution in [1.82, 2.24) is 0 Å². The lowest BCUT2D eigenvalue weighted by Gasteiger charge is -2.08. The highest BCUT2D eigenvalue weighted by atomic mass is 19.1. The summed E-state index contributed by atoms with van der Waals surface area (Å²) in [5.41, 5.74) is 6.90. The van der Waals surface area contributed by atoms with Crippen LogP contribution in [0.15, 0.2) is 36.4 Å². The topological polar surface area (TPSA) is 75.3 Å². The van der Waals surface area contributed by atoms with Crippen molar-refractivity contribution in [3.8, 4) is 5.75 Å². The SMILES string of the molecule is Cc1ccc(O)c(C(=O)Nc2cc(N)cc(F)c2)c1. The van der Waals surface area contributed by atoms with E-state index in [1.165, 1.54) is 12.1 Å². The number of carbonyl (C=O) groups excluding carboxylic acids is 1. The second-order valence-corrected chi connectivity index (χ2v) is 4.25. The Labute approximate surface area is 109 Å². The van der Waals surface area contributed by atoms with Crippen LogP contribution in [-0.4, -0.2) is 11.0 Å². The number of aromatic hydroxyl groups is 1. The number of hydrogen-bond donors (Lipinski definition) is 3. The Kier molecular flexibility index (Phi) is 3.37. The van der Waals surface area contributed by atoms with Crippen molar-refractivity contribution in [3.05, 3.63) is 53.3 Å². The van der Waals surface area contributed by atoms with Crippen LogP contribution in [0.25, 0.3) is 0 Å². The summed E-state index contributed by atoms with van der Waals surface area (Å²) in [6, 6.07) is 8.42. The molecule has 19 heavy (non-hydrogen) atoms. The summed E-state index contributed by atoms with van der Waals surface area (Å²) in [4.78, 5) is 12.0. The summed E-state index contributed by atoms with van der Waals surface area (Å²) in [7, 11) is 0. The molecule has 0 atom stereocenters. The van der Waals surface area contributed by atoms with E-state index in [0.29, 0.717) is 0 Å². The third kappa shape index (κ3) is 3.01. The molecule has 0 aliphatic rings. The molecule has 4 nitrogen and oxygen atoms in total. The van der Waals surface area contributed by atoms with Crippen LogP contribution < -0.4 is 11.1 Å². The van der Waals surface area contributed by atoms with E-state index in [0.717, 1.165) is 17.7 Å². The molecule has 0 saturated carbocycles. The van der Waals surface area contributed by atoms with E-state index < -0.39 is 11.7 Å². The van der Waals surface area contributed by atoms with E-state index in [2.05, 4.69) is 5.32 Å². The number of halogens is 1. The maximum atomic E-state index is 13.1. The van der Waals surface area contributed by atoms with Gasteiger partial charge in [-0.15, -0.1) is 0 Å². The van der Waals surface area contributed by atoms with Crippen LogP contribution in [0.3, 0.4) is 0 Å². The molecule has 4 N–H and O–H groups in total. The van der Waals surface area contributed by atoms with Crippen LogP contribution in [0.2, 0.25) is 0 Å². The van der Waals surface area contributed by atoms with Crippen LogP contribution in [0.4, 0.5) is 15.8 Å². The van der Waals surface area contributed by atoms with Gasteiger partial charge in [0.05, 0.1) is 5.56 Å². The van der Waals surface area contributed by atoms with Gasteiger partial charge in [0.15, 0.2) is 0 Å². The van der Waals surface area contributed by atoms with E-state index in [4.69, 9.17) is 5.73 Å². The number of carbonyl (C=O) groups is 1. The van der Waals surface area contributed by atoms with Crippen molar-refractivity contribution in [2.45, 2.75) is 6.92 Å². The van der Waals surface area contributed by atoms with E-state index in [-0.39, 0.29) is 22.7 Å². The first-order valence-corrected chi connectivity index (χ1v) is 5.63. The van der Waals surface area contributed by atoms with Crippen molar-refractivity contribution in [2.75, 3.05) is 11.1 Å². The van der Waals surface area contributed by atoms with E-state index in [1.54, 1.807) is 19.1 Å². The van der Waals surface area contributed by atoms with Gasteiger partial charge < -0.3 is 16.2 Å². The zero-order chi connectivity index (χ0) is 14.0. The molecule has 0 unspecified atom stereocenters. The third-order valence-corrected chi connectivity index (χ3v) is 2.57. The number of hydrogen-bond acceptors (Lipinski definition) is 3. The van der Waals surface area contributed by atoms with Crippen molar-refractivity contribution >= 4 is 17.3 Å². The summed E-state index contributed by atoms with van der Waals surface area (Å²) < 4.78 is 13.1. The largest absolute Gasteiger partial charge is 0.507 e. The minimum atomic E-state index is -0.538. The Morgan fingerprint density at radius 1 is 1.26 bits per heavy atom. The molecular formula is C14H13FN2O2. The number of nitrogen functional groups attached to an aromatic ring is 1. The lowest BCUT2D eigenvalue weighted by Crippen LogP contribution is -2.12. The summed E-state index contributed by atoms with van der Waals surface area (Å²) in [6.07, 6.45) is 0. The molecule has 2 aromatic rings. The molecule has 2 aromatic carbocycles. The Bertz CT molecular complexity index is 621. The van der Waals surface area contributed by atoms with Gasteiger partial charge in [0.2, 0.25) is 0 Å². The molecule has 2 rings (SSSR count). The fourth-order valence-electron chi connectivity index (χ4n) is 1.71. The number of benzene rings is 2. The minimum Gasteiger partial charge on any atom is -0.507 e. The van der Waals surface area contributed by atoms with Gasteiger partial charge in [-0.3, -0.25) is 4.79 Å². The van der Waals surface area contributed by atoms with Gasteiger partial charge in [0.1, 0.15) is 11.6 Å². The summed E-state index contributed by atoms with van der Waals surface area (Å²) >= 11 is 0. The molecule has 0 saturated heterocycles. The first kappa shape index (κ1) is 12.9. The molecule has 0 heterocycles. The Balaban J connectivity index is 2.28. The number of phenolic OH excluding ortho intramolecular Hbond substituents is 1. The Hall–Kier alpha value is -2.56. The fourth-order valence-corrected chi connectivity index (χ4v) is 1.71. The minimum absolute atomic E-state index is 0.128. The van der Waals surface area contributed by atoms with Crippen LogP contribution in [-0.2, 0) is 0 Å². The quantitative estimate of drug-likeness (QED) is 0.727. The molecule has 5 heteroatoms. The monoisotopic (exact) mass is 260 g/mol. The van der Waals surface area contributed by atoms with Crippen molar-refractivity contribution in [2.24, 2.45) is 0 Å². The zero-order valence-electron chi connectivity index (χ0n) is 10.3. The summed E-state index contributed by atoms with van der Waals surface area (Å²) in [6.45, 7) is 1.80. The van der Waals surface area contributed by atoms with Crippen molar-refractivity contribution < 1.29 is 14.3 Å². The van der Waals surface area contributed by atoms with Gasteiger partial charge in [-0.25, -0.2) is 4.39 Å². The fraction of sp³-hybridized carbons (Fsp3) is 0.0714. The molecule has 1 amide bonds. The van der Waals surface area contributed by atoms with E-state index in [9.17, 15) is 14.3 Å². The number of nitrogens with two attached hydrogens (primary N) is 1. The second-order valence-electron chi connectivity index (χ2n) is 4.25. The number of amides is 1. The first-order valence-electron chi connectivity index (χ1n) is 5.63. The highest BCUT2D eigenvalue weighted by Crippen LogP contribution is 2.21. The lowest BCUT2D eigenvalue weighted by atomic mass is 10.1. The standard InChI is InChI=1S/C14H13FN2O2/c1-8-2-3-13(18)12(4-8)14(19)17-11-6-9(15)5-10(16)7-11/h2-7,18H,16H2,1H3,(H,17,19). The smallest absolute Gasteiger partial charge is 0.259 e. The molecule has 0 aliphatic heterocycles. The van der Waals surface area contributed by atoms with E-state index >= 15 is 0 Å². The van der Waals surface area contributed by atoms with Gasteiger partial charge >= 0.3 is 0 Å². The molecular weight excluding hydrogens is 247 g/mol. The second kappa shape index (κ2) is 4.97. The zero-order valence-corrected chi connectivity index (χ0v) is 10.3. The van der Waals surface area contributed by atoms with Crippen molar-refractivity contribution in [3.63, 3.8) is 0 Å².